The highest BCUT2D eigenvalue weighted by Gasteiger charge is 2.19. The summed E-state index contributed by atoms with van der Waals surface area (Å²) in [6, 6.07) is 18.1. The van der Waals surface area contributed by atoms with Crippen molar-refractivity contribution in [1.29, 1.82) is 0 Å². The number of thiocarbonyl (C=S) groups is 1. The van der Waals surface area contributed by atoms with Gasteiger partial charge < -0.3 is 15.4 Å². The molecule has 1 heterocycles. The van der Waals surface area contributed by atoms with Gasteiger partial charge >= 0.3 is 5.97 Å². The summed E-state index contributed by atoms with van der Waals surface area (Å²) in [4.78, 5) is 13.5. The predicted molar refractivity (Wildman–Crippen MR) is 125 cm³/mol. The fourth-order valence-electron chi connectivity index (χ4n) is 3.04. The van der Waals surface area contributed by atoms with Gasteiger partial charge in [0.2, 0.25) is 0 Å². The zero-order valence-electron chi connectivity index (χ0n) is 16.7. The Morgan fingerprint density at radius 3 is 2.38 bits per heavy atom. The quantitative estimate of drug-likeness (QED) is 0.379. The average molecular weight is 425 g/mol. The highest BCUT2D eigenvalue weighted by molar-refractivity contribution is 7.80. The number of aryl methyl sites for hydroxylation is 2. The highest BCUT2D eigenvalue weighted by Crippen LogP contribution is 2.31. The van der Waals surface area contributed by atoms with Gasteiger partial charge in [-0.25, -0.2) is 4.79 Å². The van der Waals surface area contributed by atoms with E-state index in [1.54, 1.807) is 6.92 Å². The first kappa shape index (κ1) is 21.0. The second kappa shape index (κ2) is 9.67. The number of nitrogens with one attached hydrogen (secondary N) is 2. The lowest BCUT2D eigenvalue weighted by Gasteiger charge is -2.14. The molecule has 0 radical (unpaired) electrons. The van der Waals surface area contributed by atoms with Crippen LogP contribution in [-0.4, -0.2) is 17.7 Å². The normalized spacial score (nSPS) is 10.4. The van der Waals surface area contributed by atoms with Crippen LogP contribution in [0, 0.1) is 13.8 Å². The summed E-state index contributed by atoms with van der Waals surface area (Å²) in [6.07, 6.45) is 0.747. The molecule has 1 aromatic heterocycles. The molecule has 0 atom stereocenters. The van der Waals surface area contributed by atoms with E-state index in [1.807, 2.05) is 56.3 Å². The predicted octanol–water partition coefficient (Wildman–Crippen LogP) is 5.94. The van der Waals surface area contributed by atoms with E-state index in [0.717, 1.165) is 28.1 Å². The Labute approximate surface area is 180 Å². The summed E-state index contributed by atoms with van der Waals surface area (Å²) < 4.78 is 5.23. The highest BCUT2D eigenvalue weighted by atomic mass is 32.1. The number of hydrogen-bond donors (Lipinski definition) is 2. The van der Waals surface area contributed by atoms with E-state index in [1.165, 1.54) is 16.9 Å². The minimum atomic E-state index is -0.347. The lowest BCUT2D eigenvalue weighted by Crippen LogP contribution is -2.21. The largest absolute Gasteiger partial charge is 0.462 e. The van der Waals surface area contributed by atoms with Crippen molar-refractivity contribution in [3.8, 4) is 0 Å². The van der Waals surface area contributed by atoms with Gasteiger partial charge in [-0.05, 0) is 55.7 Å². The van der Waals surface area contributed by atoms with E-state index in [9.17, 15) is 4.79 Å². The van der Waals surface area contributed by atoms with Crippen molar-refractivity contribution in [1.82, 2.24) is 0 Å². The minimum Gasteiger partial charge on any atom is -0.462 e. The molecule has 0 saturated carbocycles. The van der Waals surface area contributed by atoms with Crippen LogP contribution in [0.1, 0.15) is 38.8 Å². The molecule has 0 spiro atoms. The molecule has 2 aromatic carbocycles. The van der Waals surface area contributed by atoms with Crippen LogP contribution in [-0.2, 0) is 11.2 Å². The van der Waals surface area contributed by atoms with Gasteiger partial charge in [0.05, 0.1) is 12.2 Å². The van der Waals surface area contributed by atoms with E-state index in [2.05, 4.69) is 22.8 Å². The van der Waals surface area contributed by atoms with Gasteiger partial charge in [0.25, 0.3) is 0 Å². The number of carbonyl (C=O) groups excluding carboxylic acids is 1. The van der Waals surface area contributed by atoms with Crippen LogP contribution in [0.4, 0.5) is 10.7 Å². The van der Waals surface area contributed by atoms with Crippen LogP contribution in [0.5, 0.6) is 0 Å². The first-order chi connectivity index (χ1) is 14.0. The summed E-state index contributed by atoms with van der Waals surface area (Å²) in [7, 11) is 0. The molecule has 0 unspecified atom stereocenters. The molecule has 3 rings (SSSR count). The number of anilines is 2. The molecule has 29 heavy (non-hydrogen) atoms. The lowest BCUT2D eigenvalue weighted by molar-refractivity contribution is 0.0528. The Hall–Kier alpha value is -2.70. The monoisotopic (exact) mass is 424 g/mol. The van der Waals surface area contributed by atoms with E-state index in [-0.39, 0.29) is 5.97 Å². The number of hydrogen-bond acceptors (Lipinski definition) is 4. The van der Waals surface area contributed by atoms with Gasteiger partial charge in [-0.2, -0.15) is 0 Å². The van der Waals surface area contributed by atoms with Crippen LogP contribution in [0.25, 0.3) is 0 Å². The van der Waals surface area contributed by atoms with E-state index in [4.69, 9.17) is 17.0 Å². The third-order valence-corrected chi connectivity index (χ3v) is 5.70. The molecule has 0 aliphatic rings. The summed E-state index contributed by atoms with van der Waals surface area (Å²) in [5.41, 5.74) is 4.88. The Kier molecular flexibility index (Phi) is 7.01. The van der Waals surface area contributed by atoms with Crippen molar-refractivity contribution < 1.29 is 9.53 Å². The zero-order chi connectivity index (χ0) is 20.8. The smallest absolute Gasteiger partial charge is 0.341 e. The molecule has 6 heteroatoms. The van der Waals surface area contributed by atoms with Crippen LogP contribution >= 0.6 is 23.6 Å². The van der Waals surface area contributed by atoms with Crippen molar-refractivity contribution >= 4 is 45.3 Å². The molecule has 0 bridgehead atoms. The number of para-hydroxylation sites is 1. The molecular formula is C23H24N2O2S2. The number of esters is 1. The lowest BCUT2D eigenvalue weighted by atomic mass is 10.1. The topological polar surface area (TPSA) is 50.4 Å². The van der Waals surface area contributed by atoms with Gasteiger partial charge in [-0.1, -0.05) is 48.5 Å². The Morgan fingerprint density at radius 2 is 1.72 bits per heavy atom. The van der Waals surface area contributed by atoms with Crippen LogP contribution < -0.4 is 10.6 Å². The summed E-state index contributed by atoms with van der Waals surface area (Å²) in [5.74, 6) is -0.347. The maximum Gasteiger partial charge on any atom is 0.341 e. The van der Waals surface area contributed by atoms with E-state index < -0.39 is 0 Å². The number of carbonyl (C=O) groups is 1. The third-order valence-electron chi connectivity index (χ3n) is 4.45. The second-order valence-corrected chi connectivity index (χ2v) is 8.23. The molecule has 150 valence electrons. The Morgan fingerprint density at radius 1 is 1.03 bits per heavy atom. The first-order valence-electron chi connectivity index (χ1n) is 9.46. The molecule has 0 fully saturated rings. The summed E-state index contributed by atoms with van der Waals surface area (Å²) in [5, 5.41) is 7.59. The van der Waals surface area contributed by atoms with Crippen molar-refractivity contribution in [3.63, 3.8) is 0 Å². The number of ether oxygens (including phenoxy) is 1. The summed E-state index contributed by atoms with van der Waals surface area (Å²) >= 11 is 7.04. The SMILES string of the molecule is CCOC(=O)c1cc(Cc2ccccc2)sc1NC(=S)Nc1c(C)cccc1C. The maximum atomic E-state index is 12.5. The molecule has 4 nitrogen and oxygen atoms in total. The fraction of sp³-hybridized carbons (Fsp3) is 0.217. The molecule has 0 saturated heterocycles. The van der Waals surface area contributed by atoms with Crippen LogP contribution in [0.3, 0.4) is 0 Å². The standard InChI is InChI=1S/C23H24N2O2S2/c1-4-27-22(26)19-14-18(13-17-11-6-5-7-12-17)29-21(19)25-23(28)24-20-15(2)9-8-10-16(20)3/h5-12,14H,4,13H2,1-3H3,(H2,24,25,28). The number of rotatable bonds is 6. The van der Waals surface area contributed by atoms with Gasteiger partial charge in [-0.15, -0.1) is 11.3 Å². The molecule has 2 N–H and O–H groups in total. The van der Waals surface area contributed by atoms with Gasteiger partial charge in [0, 0.05) is 17.0 Å². The zero-order valence-corrected chi connectivity index (χ0v) is 18.4. The van der Waals surface area contributed by atoms with E-state index >= 15 is 0 Å². The van der Waals surface area contributed by atoms with Crippen molar-refractivity contribution in [2.45, 2.75) is 27.2 Å². The molecule has 0 aliphatic carbocycles. The first-order valence-corrected chi connectivity index (χ1v) is 10.7. The van der Waals surface area contributed by atoms with Crippen LogP contribution in [0.2, 0.25) is 0 Å². The Bertz CT molecular complexity index is 993. The maximum absolute atomic E-state index is 12.5. The third kappa shape index (κ3) is 5.43. The summed E-state index contributed by atoms with van der Waals surface area (Å²) in [6.45, 7) is 6.19. The molecule has 0 amide bonds. The minimum absolute atomic E-state index is 0.327. The molecule has 0 aliphatic heterocycles. The number of benzene rings is 2. The van der Waals surface area contributed by atoms with Gasteiger partial charge in [0.15, 0.2) is 5.11 Å². The molecular weight excluding hydrogens is 400 g/mol. The van der Waals surface area contributed by atoms with Gasteiger partial charge in [-0.3, -0.25) is 0 Å². The van der Waals surface area contributed by atoms with Crippen molar-refractivity contribution in [3.05, 3.63) is 81.7 Å². The van der Waals surface area contributed by atoms with Crippen LogP contribution in [0.15, 0.2) is 54.6 Å². The van der Waals surface area contributed by atoms with Gasteiger partial charge in [0.1, 0.15) is 5.00 Å². The van der Waals surface area contributed by atoms with Crippen molar-refractivity contribution in [2.24, 2.45) is 0 Å². The number of thiophene rings is 1. The Balaban J connectivity index is 1.82. The second-order valence-electron chi connectivity index (χ2n) is 6.68. The van der Waals surface area contributed by atoms with Crippen molar-refractivity contribution in [2.75, 3.05) is 17.2 Å². The average Bonchev–Trinajstić information content (AvgIpc) is 3.08. The molecule has 3 aromatic rings. The van der Waals surface area contributed by atoms with E-state index in [0.29, 0.717) is 22.3 Å². The fourth-order valence-corrected chi connectivity index (χ4v) is 4.39.